The fourth-order valence-corrected chi connectivity index (χ4v) is 3.46. The molecule has 0 saturated carbocycles. The number of nitrogens with zero attached hydrogens (tertiary/aromatic N) is 4. The van der Waals surface area contributed by atoms with E-state index in [0.29, 0.717) is 24.1 Å². The third kappa shape index (κ3) is 7.35. The number of hydrogen-bond acceptors (Lipinski definition) is 9. The summed E-state index contributed by atoms with van der Waals surface area (Å²) in [5, 5.41) is 20.3. The summed E-state index contributed by atoms with van der Waals surface area (Å²) in [6, 6.07) is 5.22. The number of hydrogen-bond donors (Lipinski definition) is 5. The van der Waals surface area contributed by atoms with Crippen molar-refractivity contribution in [2.75, 3.05) is 11.5 Å². The molecule has 0 aliphatic heterocycles. The molecule has 0 saturated heterocycles. The largest absolute Gasteiger partial charge is 1.00 e. The van der Waals surface area contributed by atoms with Crippen LogP contribution in [0.4, 0.5) is 11.8 Å². The Hall–Kier alpha value is -3.79. The summed E-state index contributed by atoms with van der Waals surface area (Å²) in [6.07, 6.45) is 7.32. The first-order chi connectivity index (χ1) is 16.7. The standard InChI is InChI=1S/C23H23N7O5.Na/c1-2-3-14(10-15-11-26-20-18(27-15)19(24)29-23(25)30-20)12-4-6-13(7-5-12)21(33)28-16(22(34)35)8-9-17(31)32;/h1,4-7,11,14,16H,3,8-10H2,(H,28,33)(H,31,32)(H,34,35)(H4,24,25,26,29,30);/q;+1/t14-,16-;/m0./s1. The number of amides is 1. The van der Waals surface area contributed by atoms with E-state index >= 15 is 0 Å². The van der Waals surface area contributed by atoms with Gasteiger partial charge in [-0.1, -0.05) is 12.1 Å². The predicted molar refractivity (Wildman–Crippen MR) is 126 cm³/mol. The van der Waals surface area contributed by atoms with Gasteiger partial charge in [-0.2, -0.15) is 9.97 Å². The van der Waals surface area contributed by atoms with Crippen molar-refractivity contribution in [1.82, 2.24) is 25.3 Å². The second-order valence-corrected chi connectivity index (χ2v) is 7.73. The minimum Gasteiger partial charge on any atom is -0.481 e. The van der Waals surface area contributed by atoms with Crippen molar-refractivity contribution in [3.8, 4) is 12.3 Å². The number of carbonyl (C=O) groups is 3. The number of nitrogens with two attached hydrogens (primary N) is 2. The molecule has 0 radical (unpaired) electrons. The van der Waals surface area contributed by atoms with Crippen molar-refractivity contribution in [1.29, 1.82) is 0 Å². The van der Waals surface area contributed by atoms with Gasteiger partial charge in [0, 0.05) is 24.3 Å². The number of carboxylic acids is 2. The van der Waals surface area contributed by atoms with Crippen LogP contribution in [-0.2, 0) is 16.0 Å². The van der Waals surface area contributed by atoms with Gasteiger partial charge in [-0.15, -0.1) is 12.3 Å². The minimum absolute atomic E-state index is 0. The zero-order valence-electron chi connectivity index (χ0n) is 19.5. The molecule has 36 heavy (non-hydrogen) atoms. The summed E-state index contributed by atoms with van der Waals surface area (Å²) in [4.78, 5) is 51.2. The summed E-state index contributed by atoms with van der Waals surface area (Å²) < 4.78 is 0. The van der Waals surface area contributed by atoms with E-state index in [9.17, 15) is 19.5 Å². The molecule has 0 aliphatic carbocycles. The molecular weight excluding hydrogens is 477 g/mol. The van der Waals surface area contributed by atoms with Crippen molar-refractivity contribution < 1.29 is 54.2 Å². The van der Waals surface area contributed by atoms with Gasteiger partial charge in [-0.25, -0.2) is 14.8 Å². The van der Waals surface area contributed by atoms with Gasteiger partial charge < -0.3 is 27.0 Å². The maximum absolute atomic E-state index is 12.5. The third-order valence-electron chi connectivity index (χ3n) is 5.22. The van der Waals surface area contributed by atoms with E-state index in [1.165, 1.54) is 0 Å². The zero-order chi connectivity index (χ0) is 25.5. The van der Waals surface area contributed by atoms with E-state index in [1.807, 2.05) is 0 Å². The van der Waals surface area contributed by atoms with Crippen LogP contribution in [0, 0.1) is 12.3 Å². The molecule has 1 amide bonds. The van der Waals surface area contributed by atoms with Crippen LogP contribution in [0.2, 0.25) is 0 Å². The van der Waals surface area contributed by atoms with Gasteiger partial charge >= 0.3 is 41.5 Å². The second-order valence-electron chi connectivity index (χ2n) is 7.73. The van der Waals surface area contributed by atoms with Crippen molar-refractivity contribution in [3.63, 3.8) is 0 Å². The van der Waals surface area contributed by atoms with Crippen LogP contribution < -0.4 is 46.3 Å². The molecule has 0 spiro atoms. The maximum Gasteiger partial charge on any atom is 1.00 e. The number of carbonyl (C=O) groups excluding carboxylic acids is 1. The summed E-state index contributed by atoms with van der Waals surface area (Å²) >= 11 is 0. The number of aromatic nitrogens is 4. The van der Waals surface area contributed by atoms with Crippen molar-refractivity contribution in [2.24, 2.45) is 0 Å². The summed E-state index contributed by atoms with van der Waals surface area (Å²) in [5.74, 6) is -0.479. The normalized spacial score (nSPS) is 12.1. The van der Waals surface area contributed by atoms with E-state index in [1.54, 1.807) is 30.5 Å². The van der Waals surface area contributed by atoms with E-state index in [4.69, 9.17) is 23.0 Å². The molecule has 0 fully saturated rings. The Bertz CT molecular complexity index is 1310. The number of carboxylic acid groups (broad SMARTS) is 2. The minimum atomic E-state index is -1.31. The summed E-state index contributed by atoms with van der Waals surface area (Å²) in [5.41, 5.74) is 13.8. The van der Waals surface area contributed by atoms with Crippen molar-refractivity contribution in [3.05, 3.63) is 47.3 Å². The summed E-state index contributed by atoms with van der Waals surface area (Å²) in [7, 11) is 0. The fraction of sp³-hybridized carbons (Fsp3) is 0.261. The van der Waals surface area contributed by atoms with Gasteiger partial charge in [-0.3, -0.25) is 9.59 Å². The van der Waals surface area contributed by atoms with Gasteiger partial charge in [0.25, 0.3) is 5.91 Å². The molecule has 2 atom stereocenters. The molecule has 12 nitrogen and oxygen atoms in total. The molecule has 0 unspecified atom stereocenters. The number of nitrogen functional groups attached to an aromatic ring is 2. The van der Waals surface area contributed by atoms with Gasteiger partial charge in [0.05, 0.1) is 11.9 Å². The monoisotopic (exact) mass is 500 g/mol. The number of rotatable bonds is 10. The van der Waals surface area contributed by atoms with E-state index in [-0.39, 0.29) is 71.3 Å². The molecule has 3 aromatic rings. The molecular formula is C23H23N7NaO5+. The SMILES string of the molecule is C#CC[C@@H](Cc1cnc2nc(N)nc(N)c2n1)c1ccc(C(=O)N[C@@H](CCC(=O)O)C(=O)O)cc1.[Na+]. The molecule has 2 aromatic heterocycles. The Morgan fingerprint density at radius 1 is 1.08 bits per heavy atom. The van der Waals surface area contributed by atoms with E-state index in [2.05, 4.69) is 31.2 Å². The van der Waals surface area contributed by atoms with Gasteiger partial charge in [0.15, 0.2) is 17.0 Å². The Kier molecular flexibility index (Phi) is 10.1. The van der Waals surface area contributed by atoms with Crippen molar-refractivity contribution in [2.45, 2.75) is 37.6 Å². The van der Waals surface area contributed by atoms with Crippen LogP contribution in [0.15, 0.2) is 30.5 Å². The fourth-order valence-electron chi connectivity index (χ4n) is 3.46. The average Bonchev–Trinajstić information content (AvgIpc) is 2.81. The zero-order valence-corrected chi connectivity index (χ0v) is 21.5. The van der Waals surface area contributed by atoms with Crippen LogP contribution >= 0.6 is 0 Å². The molecule has 13 heteroatoms. The predicted octanol–water partition coefficient (Wildman–Crippen LogP) is -2.01. The van der Waals surface area contributed by atoms with Gasteiger partial charge in [0.1, 0.15) is 6.04 Å². The Morgan fingerprint density at radius 3 is 2.39 bits per heavy atom. The maximum atomic E-state index is 12.5. The van der Waals surface area contributed by atoms with E-state index in [0.717, 1.165) is 5.56 Å². The number of nitrogens with one attached hydrogen (secondary N) is 1. The molecule has 180 valence electrons. The summed E-state index contributed by atoms with van der Waals surface area (Å²) in [6.45, 7) is 0. The Labute approximate surface area is 228 Å². The molecule has 2 heterocycles. The van der Waals surface area contributed by atoms with Crippen LogP contribution in [0.25, 0.3) is 11.2 Å². The number of terminal acetylenes is 1. The first-order valence-electron chi connectivity index (χ1n) is 10.5. The number of benzene rings is 1. The van der Waals surface area contributed by atoms with Crippen molar-refractivity contribution >= 4 is 40.8 Å². The second kappa shape index (κ2) is 12.8. The molecule has 0 bridgehead atoms. The quantitative estimate of drug-likeness (QED) is 0.152. The third-order valence-corrected chi connectivity index (χ3v) is 5.22. The number of aliphatic carboxylic acids is 2. The van der Waals surface area contributed by atoms with Crippen LogP contribution in [0.5, 0.6) is 0 Å². The van der Waals surface area contributed by atoms with Crippen LogP contribution in [0.3, 0.4) is 0 Å². The Balaban J connectivity index is 0.00000456. The average molecular weight is 500 g/mol. The topological polar surface area (TPSA) is 207 Å². The van der Waals surface area contributed by atoms with Gasteiger partial charge in [-0.05, 0) is 30.5 Å². The van der Waals surface area contributed by atoms with E-state index < -0.39 is 23.9 Å². The molecule has 7 N–H and O–H groups in total. The first-order valence-corrected chi connectivity index (χ1v) is 10.5. The Morgan fingerprint density at radius 2 is 1.78 bits per heavy atom. The molecule has 0 aliphatic rings. The van der Waals surface area contributed by atoms with Gasteiger partial charge in [0.2, 0.25) is 5.95 Å². The van der Waals surface area contributed by atoms with Crippen LogP contribution in [-0.4, -0.2) is 54.0 Å². The van der Waals surface area contributed by atoms with Crippen LogP contribution in [0.1, 0.15) is 46.8 Å². The molecule has 3 rings (SSSR count). The smallest absolute Gasteiger partial charge is 0.481 e. The number of fused-ring (bicyclic) bond motifs is 1. The molecule has 1 aromatic carbocycles. The first kappa shape index (κ1) is 28.4. The number of anilines is 2.